The molecule has 168 valence electrons. The highest BCUT2D eigenvalue weighted by atomic mass is 32.1. The van der Waals surface area contributed by atoms with Crippen molar-refractivity contribution in [1.29, 1.82) is 0 Å². The van der Waals surface area contributed by atoms with Crippen LogP contribution in [-0.4, -0.2) is 34.7 Å². The van der Waals surface area contributed by atoms with E-state index in [1.165, 1.54) is 12.1 Å². The summed E-state index contributed by atoms with van der Waals surface area (Å²) in [6.45, 7) is 7.32. The van der Waals surface area contributed by atoms with Gasteiger partial charge in [0, 0.05) is 23.5 Å². The highest BCUT2D eigenvalue weighted by molar-refractivity contribution is 7.09. The van der Waals surface area contributed by atoms with Crippen LogP contribution in [0.3, 0.4) is 0 Å². The smallest absolute Gasteiger partial charge is 0.254 e. The van der Waals surface area contributed by atoms with Gasteiger partial charge in [0.25, 0.3) is 5.91 Å². The average Bonchev–Trinajstić information content (AvgIpc) is 3.27. The Balaban J connectivity index is 1.80. The minimum absolute atomic E-state index is 0.00252. The number of hydrogen-bond donors (Lipinski definition) is 0. The maximum absolute atomic E-state index is 13.4. The molecule has 3 rings (SSSR count). The van der Waals surface area contributed by atoms with Crippen LogP contribution in [0.15, 0.2) is 66.0 Å². The lowest BCUT2D eigenvalue weighted by atomic mass is 10.1. The molecule has 0 saturated carbocycles. The Morgan fingerprint density at radius 1 is 0.938 bits per heavy atom. The Morgan fingerprint density at radius 3 is 2.22 bits per heavy atom. The van der Waals surface area contributed by atoms with Crippen molar-refractivity contribution in [2.24, 2.45) is 5.92 Å². The zero-order valence-corrected chi connectivity index (χ0v) is 19.6. The predicted molar refractivity (Wildman–Crippen MR) is 127 cm³/mol. The van der Waals surface area contributed by atoms with Gasteiger partial charge < -0.3 is 9.80 Å². The summed E-state index contributed by atoms with van der Waals surface area (Å²) in [7, 11) is 0. The average molecular weight is 453 g/mol. The number of carbonyl (C=O) groups excluding carboxylic acids is 2. The summed E-state index contributed by atoms with van der Waals surface area (Å²) in [5.74, 6) is -0.370. The minimum Gasteiger partial charge on any atom is -0.332 e. The van der Waals surface area contributed by atoms with Crippen molar-refractivity contribution in [3.05, 3.63) is 93.4 Å². The third-order valence-electron chi connectivity index (χ3n) is 5.06. The van der Waals surface area contributed by atoms with Crippen LogP contribution < -0.4 is 0 Å². The molecule has 2 aromatic carbocycles. The van der Waals surface area contributed by atoms with Crippen molar-refractivity contribution >= 4 is 23.2 Å². The molecule has 4 nitrogen and oxygen atoms in total. The van der Waals surface area contributed by atoms with Gasteiger partial charge in [-0.1, -0.05) is 49.7 Å². The molecule has 0 saturated heterocycles. The summed E-state index contributed by atoms with van der Waals surface area (Å²) in [4.78, 5) is 31.0. The molecule has 0 unspecified atom stereocenters. The highest BCUT2D eigenvalue weighted by Crippen LogP contribution is 2.17. The first-order chi connectivity index (χ1) is 15.3. The fourth-order valence-corrected chi connectivity index (χ4v) is 4.15. The van der Waals surface area contributed by atoms with Gasteiger partial charge in [-0.3, -0.25) is 9.59 Å². The molecule has 6 heteroatoms. The number of benzene rings is 2. The fraction of sp³-hybridized carbons (Fsp3) is 0.308. The molecule has 0 fully saturated rings. The number of halogens is 1. The molecular weight excluding hydrogens is 423 g/mol. The lowest BCUT2D eigenvalue weighted by Crippen LogP contribution is -2.43. The van der Waals surface area contributed by atoms with Gasteiger partial charge >= 0.3 is 0 Å². The standard InChI is InChI=1S/C26H29FN2O2S/c1-19(2)15-29(26(31)22-10-6-20(3)7-11-22)18-25(30)28(17-24-5-4-14-32-24)16-21-8-12-23(27)13-9-21/h4-14,19H,15-18H2,1-3H3. The lowest BCUT2D eigenvalue weighted by molar-refractivity contribution is -0.133. The molecule has 0 N–H and O–H groups in total. The quantitative estimate of drug-likeness (QED) is 0.429. The Morgan fingerprint density at radius 2 is 1.62 bits per heavy atom. The molecule has 2 amide bonds. The van der Waals surface area contributed by atoms with Crippen molar-refractivity contribution in [2.75, 3.05) is 13.1 Å². The summed E-state index contributed by atoms with van der Waals surface area (Å²) < 4.78 is 13.3. The van der Waals surface area contributed by atoms with Gasteiger partial charge in [0.15, 0.2) is 0 Å². The van der Waals surface area contributed by atoms with Crippen LogP contribution in [0.25, 0.3) is 0 Å². The Labute approximate surface area is 193 Å². The molecule has 0 bridgehead atoms. The first-order valence-corrected chi connectivity index (χ1v) is 11.6. The number of nitrogens with zero attached hydrogens (tertiary/aromatic N) is 2. The number of aryl methyl sites for hydroxylation is 1. The molecule has 0 aliphatic rings. The molecular formula is C26H29FN2O2S. The molecule has 3 aromatic rings. The molecule has 0 radical (unpaired) electrons. The van der Waals surface area contributed by atoms with Gasteiger partial charge in [-0.25, -0.2) is 4.39 Å². The van der Waals surface area contributed by atoms with Crippen molar-refractivity contribution in [3.8, 4) is 0 Å². The van der Waals surface area contributed by atoms with E-state index in [-0.39, 0.29) is 30.1 Å². The van der Waals surface area contributed by atoms with Gasteiger partial charge in [-0.05, 0) is 54.1 Å². The van der Waals surface area contributed by atoms with Gasteiger partial charge in [0.2, 0.25) is 5.91 Å². The van der Waals surface area contributed by atoms with E-state index < -0.39 is 0 Å². The van der Waals surface area contributed by atoms with Gasteiger partial charge in [0.05, 0.1) is 6.54 Å². The minimum atomic E-state index is -0.309. The van der Waals surface area contributed by atoms with Crippen molar-refractivity contribution in [2.45, 2.75) is 33.9 Å². The third-order valence-corrected chi connectivity index (χ3v) is 5.92. The van der Waals surface area contributed by atoms with E-state index in [1.807, 2.05) is 50.4 Å². The van der Waals surface area contributed by atoms with Crippen LogP contribution >= 0.6 is 11.3 Å². The monoisotopic (exact) mass is 452 g/mol. The Bertz CT molecular complexity index is 1010. The summed E-state index contributed by atoms with van der Waals surface area (Å²) in [5.41, 5.74) is 2.50. The number of thiophene rings is 1. The van der Waals surface area contributed by atoms with E-state index in [1.54, 1.807) is 45.4 Å². The third kappa shape index (κ3) is 6.76. The summed E-state index contributed by atoms with van der Waals surface area (Å²) in [5, 5.41) is 1.97. The summed E-state index contributed by atoms with van der Waals surface area (Å²) in [6.07, 6.45) is 0. The number of carbonyl (C=O) groups is 2. The van der Waals surface area contributed by atoms with E-state index in [2.05, 4.69) is 0 Å². The lowest BCUT2D eigenvalue weighted by Gasteiger charge is -2.29. The van der Waals surface area contributed by atoms with E-state index in [4.69, 9.17) is 0 Å². The summed E-state index contributed by atoms with van der Waals surface area (Å²) >= 11 is 1.58. The van der Waals surface area contributed by atoms with Crippen molar-refractivity contribution in [3.63, 3.8) is 0 Å². The fourth-order valence-electron chi connectivity index (χ4n) is 3.44. The van der Waals surface area contributed by atoms with Gasteiger partial charge in [-0.2, -0.15) is 0 Å². The molecule has 0 aliphatic carbocycles. The van der Waals surface area contributed by atoms with Crippen molar-refractivity contribution in [1.82, 2.24) is 9.80 Å². The van der Waals surface area contributed by atoms with Crippen LogP contribution in [-0.2, 0) is 17.9 Å². The second-order valence-corrected chi connectivity index (χ2v) is 9.43. The topological polar surface area (TPSA) is 40.6 Å². The number of amides is 2. The normalized spacial score (nSPS) is 10.9. The Hall–Kier alpha value is -2.99. The molecule has 1 aromatic heterocycles. The van der Waals surface area contributed by atoms with Crippen LogP contribution in [0, 0.1) is 18.7 Å². The second kappa shape index (κ2) is 11.0. The maximum atomic E-state index is 13.4. The van der Waals surface area contributed by atoms with E-state index in [9.17, 15) is 14.0 Å². The molecule has 0 atom stereocenters. The first kappa shape index (κ1) is 23.7. The van der Waals surface area contributed by atoms with Crippen LogP contribution in [0.4, 0.5) is 4.39 Å². The van der Waals surface area contributed by atoms with Crippen LogP contribution in [0.2, 0.25) is 0 Å². The second-order valence-electron chi connectivity index (χ2n) is 8.40. The zero-order chi connectivity index (χ0) is 23.1. The van der Waals surface area contributed by atoms with Crippen molar-refractivity contribution < 1.29 is 14.0 Å². The van der Waals surface area contributed by atoms with Gasteiger partial charge in [0.1, 0.15) is 12.4 Å². The highest BCUT2D eigenvalue weighted by Gasteiger charge is 2.23. The number of rotatable bonds is 9. The SMILES string of the molecule is Cc1ccc(C(=O)N(CC(=O)N(Cc2ccc(F)cc2)Cc2cccs2)CC(C)C)cc1. The zero-order valence-electron chi connectivity index (χ0n) is 18.8. The molecule has 0 aliphatic heterocycles. The van der Waals surface area contributed by atoms with E-state index in [0.29, 0.717) is 25.2 Å². The molecule has 1 heterocycles. The largest absolute Gasteiger partial charge is 0.332 e. The van der Waals surface area contributed by atoms with Crippen LogP contribution in [0.1, 0.15) is 40.2 Å². The maximum Gasteiger partial charge on any atom is 0.254 e. The number of hydrogen-bond acceptors (Lipinski definition) is 3. The van der Waals surface area contributed by atoms with Gasteiger partial charge in [-0.15, -0.1) is 11.3 Å². The first-order valence-electron chi connectivity index (χ1n) is 10.7. The van der Waals surface area contributed by atoms with E-state index in [0.717, 1.165) is 16.0 Å². The predicted octanol–water partition coefficient (Wildman–Crippen LogP) is 5.52. The molecule has 32 heavy (non-hydrogen) atoms. The molecule has 0 spiro atoms. The summed E-state index contributed by atoms with van der Waals surface area (Å²) in [6, 6.07) is 17.5. The van der Waals surface area contributed by atoms with E-state index >= 15 is 0 Å². The van der Waals surface area contributed by atoms with Crippen LogP contribution in [0.5, 0.6) is 0 Å². The Kier molecular flexibility index (Phi) is 8.17.